The predicted molar refractivity (Wildman–Crippen MR) is 118 cm³/mol. The summed E-state index contributed by atoms with van der Waals surface area (Å²) in [5.74, 6) is 0.706. The fourth-order valence-corrected chi connectivity index (χ4v) is 3.07. The van der Waals surface area contributed by atoms with Crippen molar-refractivity contribution in [3.05, 3.63) is 89.6 Å². The first-order valence-corrected chi connectivity index (χ1v) is 10.1. The van der Waals surface area contributed by atoms with Gasteiger partial charge in [0.05, 0.1) is 29.5 Å². The molecule has 2 N–H and O–H groups in total. The largest absolute Gasteiger partial charge is 0.484 e. The summed E-state index contributed by atoms with van der Waals surface area (Å²) < 4.78 is 10.7. The number of benzene rings is 2. The number of furan rings is 1. The van der Waals surface area contributed by atoms with Crippen LogP contribution in [0, 0.1) is 6.92 Å². The standard InChI is InChI=1S/C24H22N4O4/c1-16-23(28-21-7-3-2-6-20(21)27-16)24(30)26-13-17-8-10-18(11-9-17)32-15-22(29)25-14-19-5-4-12-31-19/h2-12H,13-15H2,1H3,(H,25,29)(H,26,30). The summed E-state index contributed by atoms with van der Waals surface area (Å²) in [6, 6.07) is 18.1. The van der Waals surface area contributed by atoms with Crippen molar-refractivity contribution in [2.45, 2.75) is 20.0 Å². The number of rotatable bonds is 8. The fraction of sp³-hybridized carbons (Fsp3) is 0.167. The molecule has 162 valence electrons. The summed E-state index contributed by atoms with van der Waals surface area (Å²) in [5.41, 5.74) is 3.21. The first-order chi connectivity index (χ1) is 15.6. The molecule has 0 saturated heterocycles. The van der Waals surface area contributed by atoms with E-state index in [1.165, 1.54) is 0 Å². The summed E-state index contributed by atoms with van der Waals surface area (Å²) in [6.45, 7) is 2.31. The molecular weight excluding hydrogens is 408 g/mol. The Morgan fingerprint density at radius 3 is 2.38 bits per heavy atom. The monoisotopic (exact) mass is 430 g/mol. The Morgan fingerprint density at radius 1 is 0.906 bits per heavy atom. The van der Waals surface area contributed by atoms with E-state index in [9.17, 15) is 9.59 Å². The number of fused-ring (bicyclic) bond motifs is 1. The van der Waals surface area contributed by atoms with Crippen molar-refractivity contribution in [3.8, 4) is 5.75 Å². The van der Waals surface area contributed by atoms with Crippen LogP contribution in [-0.2, 0) is 17.9 Å². The van der Waals surface area contributed by atoms with Crippen LogP contribution in [0.1, 0.15) is 27.5 Å². The Bertz CT molecular complexity index is 1220. The van der Waals surface area contributed by atoms with Crippen LogP contribution < -0.4 is 15.4 Å². The van der Waals surface area contributed by atoms with Crippen molar-refractivity contribution >= 4 is 22.8 Å². The van der Waals surface area contributed by atoms with Crippen molar-refractivity contribution in [1.82, 2.24) is 20.6 Å². The molecule has 0 spiro atoms. The molecule has 0 saturated carbocycles. The number of ether oxygens (including phenoxy) is 1. The van der Waals surface area contributed by atoms with Crippen molar-refractivity contribution in [1.29, 1.82) is 0 Å². The van der Waals surface area contributed by atoms with Gasteiger partial charge in [0, 0.05) is 6.54 Å². The minimum atomic E-state index is -0.283. The second-order valence-electron chi connectivity index (χ2n) is 7.12. The number of aryl methyl sites for hydroxylation is 1. The van der Waals surface area contributed by atoms with Gasteiger partial charge in [0.25, 0.3) is 11.8 Å². The fourth-order valence-electron chi connectivity index (χ4n) is 3.07. The van der Waals surface area contributed by atoms with Crippen molar-refractivity contribution in [2.75, 3.05) is 6.61 Å². The van der Waals surface area contributed by atoms with Gasteiger partial charge in [-0.1, -0.05) is 24.3 Å². The third kappa shape index (κ3) is 5.28. The summed E-state index contributed by atoms with van der Waals surface area (Å²) in [4.78, 5) is 33.3. The molecule has 0 fully saturated rings. The van der Waals surface area contributed by atoms with Gasteiger partial charge in [-0.25, -0.2) is 9.97 Å². The number of amides is 2. The minimum absolute atomic E-state index is 0.100. The SMILES string of the molecule is Cc1nc2ccccc2nc1C(=O)NCc1ccc(OCC(=O)NCc2ccco2)cc1. The quantitative estimate of drug-likeness (QED) is 0.445. The summed E-state index contributed by atoms with van der Waals surface area (Å²) >= 11 is 0. The van der Waals surface area contributed by atoms with E-state index >= 15 is 0 Å². The molecule has 0 bridgehead atoms. The number of hydrogen-bond donors (Lipinski definition) is 2. The van der Waals surface area contributed by atoms with Crippen LogP contribution in [-0.4, -0.2) is 28.4 Å². The highest BCUT2D eigenvalue weighted by atomic mass is 16.5. The summed E-state index contributed by atoms with van der Waals surface area (Å²) in [7, 11) is 0. The van der Waals surface area contributed by atoms with Crippen LogP contribution in [0.15, 0.2) is 71.3 Å². The number of nitrogens with zero attached hydrogens (tertiary/aromatic N) is 2. The van der Waals surface area contributed by atoms with Crippen molar-refractivity contribution < 1.29 is 18.7 Å². The molecule has 8 nitrogen and oxygen atoms in total. The third-order valence-electron chi connectivity index (χ3n) is 4.75. The highest BCUT2D eigenvalue weighted by molar-refractivity contribution is 5.95. The topological polar surface area (TPSA) is 106 Å². The molecule has 32 heavy (non-hydrogen) atoms. The van der Waals surface area contributed by atoms with Gasteiger partial charge in [0.15, 0.2) is 6.61 Å². The Kier molecular flexibility index (Phi) is 6.41. The molecular formula is C24H22N4O4. The van der Waals surface area contributed by atoms with Gasteiger partial charge in [-0.2, -0.15) is 0 Å². The van der Waals surface area contributed by atoms with Crippen LogP contribution >= 0.6 is 0 Å². The lowest BCUT2D eigenvalue weighted by molar-refractivity contribution is -0.123. The molecule has 0 aliphatic carbocycles. The minimum Gasteiger partial charge on any atom is -0.484 e. The lowest BCUT2D eigenvalue weighted by Crippen LogP contribution is -2.28. The summed E-state index contributed by atoms with van der Waals surface area (Å²) in [6.07, 6.45) is 1.55. The lowest BCUT2D eigenvalue weighted by atomic mass is 10.2. The first kappa shape index (κ1) is 21.0. The lowest BCUT2D eigenvalue weighted by Gasteiger charge is -2.09. The highest BCUT2D eigenvalue weighted by Gasteiger charge is 2.13. The molecule has 2 aromatic carbocycles. The summed E-state index contributed by atoms with van der Waals surface area (Å²) in [5, 5.41) is 5.58. The maximum atomic E-state index is 12.6. The van der Waals surface area contributed by atoms with Crippen molar-refractivity contribution in [3.63, 3.8) is 0 Å². The normalized spacial score (nSPS) is 10.7. The Morgan fingerprint density at radius 2 is 1.66 bits per heavy atom. The average Bonchev–Trinajstić information content (AvgIpc) is 3.34. The maximum absolute atomic E-state index is 12.6. The number of hydrogen-bond acceptors (Lipinski definition) is 6. The van der Waals surface area contributed by atoms with Gasteiger partial charge < -0.3 is 19.8 Å². The van der Waals surface area contributed by atoms with E-state index in [1.54, 1.807) is 37.5 Å². The van der Waals surface area contributed by atoms with E-state index < -0.39 is 0 Å². The van der Waals surface area contributed by atoms with E-state index in [1.807, 2.05) is 36.4 Å². The molecule has 0 radical (unpaired) electrons. The molecule has 2 aromatic heterocycles. The molecule has 2 heterocycles. The second-order valence-corrected chi connectivity index (χ2v) is 7.12. The predicted octanol–water partition coefficient (Wildman–Crippen LogP) is 3.16. The highest BCUT2D eigenvalue weighted by Crippen LogP contribution is 2.14. The van der Waals surface area contributed by atoms with E-state index in [0.717, 1.165) is 11.1 Å². The van der Waals surface area contributed by atoms with Crippen LogP contribution in [0.5, 0.6) is 5.75 Å². The number of nitrogens with one attached hydrogen (secondary N) is 2. The molecule has 0 aliphatic rings. The third-order valence-corrected chi connectivity index (χ3v) is 4.75. The number of aromatic nitrogens is 2. The molecule has 0 unspecified atom stereocenters. The molecule has 0 atom stereocenters. The first-order valence-electron chi connectivity index (χ1n) is 10.1. The number of para-hydroxylation sites is 2. The Hall–Kier alpha value is -4.20. The molecule has 4 aromatic rings. The van der Waals surface area contributed by atoms with Crippen molar-refractivity contribution in [2.24, 2.45) is 0 Å². The van der Waals surface area contributed by atoms with Crippen LogP contribution in [0.2, 0.25) is 0 Å². The second kappa shape index (κ2) is 9.74. The Balaban J connectivity index is 1.27. The van der Waals surface area contributed by atoms with Crippen LogP contribution in [0.4, 0.5) is 0 Å². The smallest absolute Gasteiger partial charge is 0.272 e. The van der Waals surface area contributed by atoms with E-state index in [4.69, 9.17) is 9.15 Å². The van der Waals surface area contributed by atoms with E-state index in [-0.39, 0.29) is 18.4 Å². The maximum Gasteiger partial charge on any atom is 0.272 e. The van der Waals surface area contributed by atoms with Crippen LogP contribution in [0.3, 0.4) is 0 Å². The van der Waals surface area contributed by atoms with Gasteiger partial charge in [0.1, 0.15) is 17.2 Å². The zero-order chi connectivity index (χ0) is 22.3. The molecule has 2 amide bonds. The molecule has 4 rings (SSSR count). The number of carbonyl (C=O) groups is 2. The number of carbonyl (C=O) groups excluding carboxylic acids is 2. The van der Waals surface area contributed by atoms with Gasteiger partial charge >= 0.3 is 0 Å². The zero-order valence-corrected chi connectivity index (χ0v) is 17.5. The van der Waals surface area contributed by atoms with Gasteiger partial charge in [-0.3, -0.25) is 9.59 Å². The molecule has 0 aliphatic heterocycles. The van der Waals surface area contributed by atoms with E-state index in [0.29, 0.717) is 41.5 Å². The average molecular weight is 430 g/mol. The molecule has 8 heteroatoms. The Labute approximate surface area is 184 Å². The van der Waals surface area contributed by atoms with Gasteiger partial charge in [-0.05, 0) is 48.9 Å². The van der Waals surface area contributed by atoms with Crippen LogP contribution in [0.25, 0.3) is 11.0 Å². The van der Waals surface area contributed by atoms with Gasteiger partial charge in [-0.15, -0.1) is 0 Å². The zero-order valence-electron chi connectivity index (χ0n) is 17.5. The van der Waals surface area contributed by atoms with Gasteiger partial charge in [0.2, 0.25) is 0 Å². The van der Waals surface area contributed by atoms with E-state index in [2.05, 4.69) is 20.6 Å².